The Balaban J connectivity index is 1.77. The number of imidazole rings is 1. The summed E-state index contributed by atoms with van der Waals surface area (Å²) in [6.07, 6.45) is 1.94. The third-order valence-corrected chi connectivity index (χ3v) is 3.20. The summed E-state index contributed by atoms with van der Waals surface area (Å²) in [6, 6.07) is 5.96. The summed E-state index contributed by atoms with van der Waals surface area (Å²) in [5.74, 6) is 1.89. The first-order valence-electron chi connectivity index (χ1n) is 7.73. The van der Waals surface area contributed by atoms with Crippen molar-refractivity contribution >= 4 is 11.0 Å². The zero-order valence-electron chi connectivity index (χ0n) is 12.9. The molecule has 0 bridgehead atoms. The van der Waals surface area contributed by atoms with E-state index in [1.165, 1.54) is 0 Å². The summed E-state index contributed by atoms with van der Waals surface area (Å²) in [5, 5.41) is 3.40. The highest BCUT2D eigenvalue weighted by Crippen LogP contribution is 2.19. The molecule has 0 spiro atoms. The molecular weight excluding hydrogens is 266 g/mol. The lowest BCUT2D eigenvalue weighted by Crippen LogP contribution is -2.20. The van der Waals surface area contributed by atoms with Crippen LogP contribution in [0.5, 0.6) is 5.75 Å². The molecule has 0 amide bonds. The van der Waals surface area contributed by atoms with E-state index in [1.807, 2.05) is 32.0 Å². The van der Waals surface area contributed by atoms with Gasteiger partial charge >= 0.3 is 0 Å². The maximum Gasteiger partial charge on any atom is 0.121 e. The molecule has 21 heavy (non-hydrogen) atoms. The Morgan fingerprint density at radius 1 is 1.19 bits per heavy atom. The summed E-state index contributed by atoms with van der Waals surface area (Å²) < 4.78 is 10.8. The second kappa shape index (κ2) is 8.64. The van der Waals surface area contributed by atoms with Crippen LogP contribution in [0.25, 0.3) is 11.0 Å². The number of aromatic amines is 1. The molecule has 5 heteroatoms. The van der Waals surface area contributed by atoms with Crippen molar-refractivity contribution in [1.29, 1.82) is 0 Å². The number of ether oxygens (including phenoxy) is 2. The van der Waals surface area contributed by atoms with Gasteiger partial charge in [-0.25, -0.2) is 4.98 Å². The van der Waals surface area contributed by atoms with Crippen LogP contribution in [0, 0.1) is 0 Å². The minimum Gasteiger partial charge on any atom is -0.494 e. The van der Waals surface area contributed by atoms with E-state index in [9.17, 15) is 0 Å². The number of hydrogen-bond donors (Lipinski definition) is 2. The van der Waals surface area contributed by atoms with Crippen LogP contribution >= 0.6 is 0 Å². The van der Waals surface area contributed by atoms with E-state index in [2.05, 4.69) is 15.3 Å². The van der Waals surface area contributed by atoms with Crippen molar-refractivity contribution in [1.82, 2.24) is 15.3 Å². The van der Waals surface area contributed by atoms with Crippen LogP contribution in [0.1, 0.15) is 26.1 Å². The maximum absolute atomic E-state index is 5.50. The minimum absolute atomic E-state index is 0.679. The second-order valence-corrected chi connectivity index (χ2v) is 4.85. The standard InChI is InChI=1S/C16H25N3O2/c1-3-20-11-5-9-17-10-8-16-18-14-7-6-13(21-4-2)12-15(14)19-16/h6-7,12,17H,3-5,8-11H2,1-2H3,(H,18,19). The summed E-state index contributed by atoms with van der Waals surface area (Å²) in [6.45, 7) is 8.21. The SMILES string of the molecule is CCOCCCNCCc1nc2ccc(OCC)cc2[nH]1. The van der Waals surface area contributed by atoms with Gasteiger partial charge in [-0.1, -0.05) is 0 Å². The Hall–Kier alpha value is -1.59. The van der Waals surface area contributed by atoms with Crippen LogP contribution in [0.2, 0.25) is 0 Å². The fourth-order valence-corrected chi connectivity index (χ4v) is 2.19. The van der Waals surface area contributed by atoms with Crippen LogP contribution in [0.4, 0.5) is 0 Å². The molecule has 2 rings (SSSR count). The summed E-state index contributed by atoms with van der Waals surface area (Å²) in [7, 11) is 0. The molecule has 0 radical (unpaired) electrons. The molecule has 0 saturated heterocycles. The molecule has 1 heterocycles. The number of rotatable bonds is 10. The molecular formula is C16H25N3O2. The Bertz CT molecular complexity index is 539. The van der Waals surface area contributed by atoms with E-state index in [4.69, 9.17) is 9.47 Å². The van der Waals surface area contributed by atoms with Crippen LogP contribution < -0.4 is 10.1 Å². The van der Waals surface area contributed by atoms with E-state index in [-0.39, 0.29) is 0 Å². The lowest BCUT2D eigenvalue weighted by Gasteiger charge is -2.03. The molecule has 0 unspecified atom stereocenters. The predicted octanol–water partition coefficient (Wildman–Crippen LogP) is 2.52. The lowest BCUT2D eigenvalue weighted by atomic mass is 10.3. The minimum atomic E-state index is 0.679. The van der Waals surface area contributed by atoms with Crippen LogP contribution in [-0.2, 0) is 11.2 Å². The van der Waals surface area contributed by atoms with Crippen molar-refractivity contribution in [2.45, 2.75) is 26.7 Å². The zero-order chi connectivity index (χ0) is 14.9. The highest BCUT2D eigenvalue weighted by atomic mass is 16.5. The molecule has 5 nitrogen and oxygen atoms in total. The lowest BCUT2D eigenvalue weighted by molar-refractivity contribution is 0.145. The highest BCUT2D eigenvalue weighted by molar-refractivity contribution is 5.76. The molecule has 0 aliphatic heterocycles. The van der Waals surface area contributed by atoms with Crippen molar-refractivity contribution in [2.75, 3.05) is 32.9 Å². The molecule has 0 aliphatic rings. The first-order chi connectivity index (χ1) is 10.3. The number of aromatic nitrogens is 2. The van der Waals surface area contributed by atoms with Gasteiger partial charge in [-0.2, -0.15) is 0 Å². The Labute approximate surface area is 126 Å². The highest BCUT2D eigenvalue weighted by Gasteiger charge is 2.04. The molecule has 2 aromatic rings. The molecule has 0 aliphatic carbocycles. The zero-order valence-corrected chi connectivity index (χ0v) is 12.9. The van der Waals surface area contributed by atoms with Gasteiger partial charge in [-0.05, 0) is 38.9 Å². The average Bonchev–Trinajstić information content (AvgIpc) is 2.88. The summed E-state index contributed by atoms with van der Waals surface area (Å²) in [5.41, 5.74) is 2.03. The van der Waals surface area contributed by atoms with Gasteiger partial charge in [-0.15, -0.1) is 0 Å². The first kappa shape index (κ1) is 15.8. The molecule has 2 N–H and O–H groups in total. The van der Waals surface area contributed by atoms with Gasteiger partial charge in [0.25, 0.3) is 0 Å². The van der Waals surface area contributed by atoms with E-state index in [1.54, 1.807) is 0 Å². The Morgan fingerprint density at radius 2 is 2.10 bits per heavy atom. The summed E-state index contributed by atoms with van der Waals surface area (Å²) >= 11 is 0. The van der Waals surface area contributed by atoms with Crippen molar-refractivity contribution in [3.05, 3.63) is 24.0 Å². The van der Waals surface area contributed by atoms with Gasteiger partial charge in [0.2, 0.25) is 0 Å². The predicted molar refractivity (Wildman–Crippen MR) is 84.9 cm³/mol. The molecule has 1 aromatic carbocycles. The Morgan fingerprint density at radius 3 is 2.90 bits per heavy atom. The van der Waals surface area contributed by atoms with Gasteiger partial charge < -0.3 is 19.8 Å². The third kappa shape index (κ3) is 5.02. The third-order valence-electron chi connectivity index (χ3n) is 3.20. The van der Waals surface area contributed by atoms with Gasteiger partial charge in [0.05, 0.1) is 17.6 Å². The Kier molecular flexibility index (Phi) is 6.50. The molecule has 116 valence electrons. The molecule has 0 saturated carbocycles. The molecule has 1 aromatic heterocycles. The van der Waals surface area contributed by atoms with Crippen molar-refractivity contribution < 1.29 is 9.47 Å². The quantitative estimate of drug-likeness (QED) is 0.660. The second-order valence-electron chi connectivity index (χ2n) is 4.85. The average molecular weight is 291 g/mol. The number of H-pyrrole nitrogens is 1. The fraction of sp³-hybridized carbons (Fsp3) is 0.562. The van der Waals surface area contributed by atoms with E-state index in [0.717, 1.165) is 61.8 Å². The van der Waals surface area contributed by atoms with Gasteiger partial charge in [0.1, 0.15) is 11.6 Å². The van der Waals surface area contributed by atoms with Crippen LogP contribution in [0.3, 0.4) is 0 Å². The summed E-state index contributed by atoms with van der Waals surface area (Å²) in [4.78, 5) is 7.94. The van der Waals surface area contributed by atoms with Crippen molar-refractivity contribution in [3.8, 4) is 5.75 Å². The van der Waals surface area contributed by atoms with Gasteiger partial charge in [0.15, 0.2) is 0 Å². The number of fused-ring (bicyclic) bond motifs is 1. The van der Waals surface area contributed by atoms with Gasteiger partial charge in [-0.3, -0.25) is 0 Å². The van der Waals surface area contributed by atoms with Crippen LogP contribution in [0.15, 0.2) is 18.2 Å². The smallest absolute Gasteiger partial charge is 0.121 e. The van der Waals surface area contributed by atoms with Crippen molar-refractivity contribution in [2.24, 2.45) is 0 Å². The first-order valence-corrected chi connectivity index (χ1v) is 7.73. The van der Waals surface area contributed by atoms with E-state index < -0.39 is 0 Å². The largest absolute Gasteiger partial charge is 0.494 e. The van der Waals surface area contributed by atoms with Crippen LogP contribution in [-0.4, -0.2) is 42.9 Å². The number of benzene rings is 1. The monoisotopic (exact) mass is 291 g/mol. The number of nitrogens with zero attached hydrogens (tertiary/aromatic N) is 1. The molecule has 0 atom stereocenters. The number of hydrogen-bond acceptors (Lipinski definition) is 4. The van der Waals surface area contributed by atoms with Crippen molar-refractivity contribution in [3.63, 3.8) is 0 Å². The molecule has 0 fully saturated rings. The maximum atomic E-state index is 5.50. The van der Waals surface area contributed by atoms with E-state index >= 15 is 0 Å². The topological polar surface area (TPSA) is 59.2 Å². The van der Waals surface area contributed by atoms with Gasteiger partial charge in [0, 0.05) is 32.2 Å². The fourth-order valence-electron chi connectivity index (χ4n) is 2.19. The number of nitrogens with one attached hydrogen (secondary N) is 2. The van der Waals surface area contributed by atoms with E-state index in [0.29, 0.717) is 6.61 Å². The normalized spacial score (nSPS) is 11.1.